The zero-order valence-electron chi connectivity index (χ0n) is 12.1. The van der Waals surface area contributed by atoms with Gasteiger partial charge in [0, 0.05) is 12.2 Å². The minimum Gasteiger partial charge on any atom is -0.480 e. The van der Waals surface area contributed by atoms with Crippen molar-refractivity contribution in [3.05, 3.63) is 29.6 Å². The Kier molecular flexibility index (Phi) is 4.45. The first-order valence-electron chi connectivity index (χ1n) is 6.95. The van der Waals surface area contributed by atoms with Crippen molar-refractivity contribution >= 4 is 17.7 Å². The van der Waals surface area contributed by atoms with Crippen molar-refractivity contribution in [2.75, 3.05) is 11.9 Å². The second-order valence-corrected chi connectivity index (χ2v) is 5.57. The molecule has 1 aliphatic rings. The molecule has 2 atom stereocenters. The van der Waals surface area contributed by atoms with Gasteiger partial charge in [0.05, 0.1) is 0 Å². The summed E-state index contributed by atoms with van der Waals surface area (Å²) in [6.45, 7) is 4.07. The van der Waals surface area contributed by atoms with E-state index in [1.807, 2.05) is 6.92 Å². The largest absolute Gasteiger partial charge is 0.480 e. The number of rotatable bonds is 2. The van der Waals surface area contributed by atoms with Crippen LogP contribution in [0.1, 0.15) is 25.3 Å². The summed E-state index contributed by atoms with van der Waals surface area (Å²) in [5, 5.41) is 11.9. The van der Waals surface area contributed by atoms with Gasteiger partial charge in [-0.1, -0.05) is 6.92 Å². The highest BCUT2D eigenvalue weighted by molar-refractivity contribution is 5.93. The second kappa shape index (κ2) is 6.11. The molecule has 2 unspecified atom stereocenters. The van der Waals surface area contributed by atoms with E-state index in [0.717, 1.165) is 6.42 Å². The van der Waals surface area contributed by atoms with Crippen LogP contribution >= 0.6 is 0 Å². The average Bonchev–Trinajstić information content (AvgIpc) is 2.41. The summed E-state index contributed by atoms with van der Waals surface area (Å²) < 4.78 is 13.0. The lowest BCUT2D eigenvalue weighted by Crippen LogP contribution is -2.51. The van der Waals surface area contributed by atoms with E-state index in [0.29, 0.717) is 24.2 Å². The summed E-state index contributed by atoms with van der Waals surface area (Å²) in [6, 6.07) is 2.79. The first kappa shape index (κ1) is 15.3. The van der Waals surface area contributed by atoms with E-state index in [2.05, 4.69) is 5.32 Å². The number of urea groups is 1. The van der Waals surface area contributed by atoms with E-state index in [1.165, 1.54) is 23.1 Å². The molecule has 2 N–H and O–H groups in total. The molecular weight excluding hydrogens is 275 g/mol. The molecule has 0 radical (unpaired) electrons. The number of aliphatic carboxylic acids is 1. The van der Waals surface area contributed by atoms with Crippen molar-refractivity contribution in [3.63, 3.8) is 0 Å². The molecule has 1 heterocycles. The zero-order chi connectivity index (χ0) is 15.6. The molecule has 0 saturated carbocycles. The average molecular weight is 294 g/mol. The van der Waals surface area contributed by atoms with Gasteiger partial charge >= 0.3 is 12.0 Å². The van der Waals surface area contributed by atoms with Crippen LogP contribution in [-0.2, 0) is 4.79 Å². The molecule has 1 aromatic rings. The molecule has 1 saturated heterocycles. The lowest BCUT2D eigenvalue weighted by atomic mass is 9.93. The van der Waals surface area contributed by atoms with Gasteiger partial charge in [-0.3, -0.25) is 0 Å². The van der Waals surface area contributed by atoms with E-state index in [1.54, 1.807) is 6.92 Å². The molecule has 1 aliphatic heterocycles. The van der Waals surface area contributed by atoms with Crippen LogP contribution in [0.25, 0.3) is 0 Å². The number of anilines is 1. The molecule has 0 aliphatic carbocycles. The molecule has 0 aromatic heterocycles. The normalized spacial score (nSPS) is 22.0. The van der Waals surface area contributed by atoms with Gasteiger partial charge in [-0.05, 0) is 49.4 Å². The highest BCUT2D eigenvalue weighted by atomic mass is 19.1. The third-order valence-corrected chi connectivity index (χ3v) is 3.84. The number of carbonyl (C=O) groups excluding carboxylic acids is 1. The number of nitrogens with zero attached hydrogens (tertiary/aromatic N) is 1. The van der Waals surface area contributed by atoms with Crippen molar-refractivity contribution in [1.82, 2.24) is 4.90 Å². The number of carboxylic acids is 1. The van der Waals surface area contributed by atoms with E-state index in [9.17, 15) is 19.1 Å². The van der Waals surface area contributed by atoms with Crippen LogP contribution in [-0.4, -0.2) is 34.6 Å². The Hall–Kier alpha value is -2.11. The number of piperidine rings is 1. The zero-order valence-corrected chi connectivity index (χ0v) is 12.1. The van der Waals surface area contributed by atoms with E-state index < -0.39 is 18.0 Å². The van der Waals surface area contributed by atoms with Crippen LogP contribution < -0.4 is 5.32 Å². The fourth-order valence-corrected chi connectivity index (χ4v) is 2.57. The van der Waals surface area contributed by atoms with Crippen molar-refractivity contribution in [2.45, 2.75) is 32.7 Å². The van der Waals surface area contributed by atoms with E-state index in [-0.39, 0.29) is 11.7 Å². The Morgan fingerprint density at radius 3 is 2.76 bits per heavy atom. The number of aryl methyl sites for hydroxylation is 1. The van der Waals surface area contributed by atoms with E-state index >= 15 is 0 Å². The number of carboxylic acid groups (broad SMARTS) is 1. The molecule has 5 nitrogen and oxygen atoms in total. The van der Waals surface area contributed by atoms with Gasteiger partial charge in [0.25, 0.3) is 0 Å². The summed E-state index contributed by atoms with van der Waals surface area (Å²) in [4.78, 5) is 24.9. The standard InChI is InChI=1S/C15H19FN2O3/c1-9-5-6-18(13(7-9)14(19)20)15(21)17-12-4-3-11(16)8-10(12)2/h3-4,8-9,13H,5-7H2,1-2H3,(H,17,21)(H,19,20). The second-order valence-electron chi connectivity index (χ2n) is 5.57. The van der Waals surface area contributed by atoms with Gasteiger partial charge in [0.15, 0.2) is 0 Å². The van der Waals surface area contributed by atoms with Gasteiger partial charge < -0.3 is 15.3 Å². The molecule has 0 bridgehead atoms. The number of likely N-dealkylation sites (tertiary alicyclic amines) is 1. The fourth-order valence-electron chi connectivity index (χ4n) is 2.57. The third kappa shape index (κ3) is 3.51. The van der Waals surface area contributed by atoms with Crippen LogP contribution in [0, 0.1) is 18.7 Å². The lowest BCUT2D eigenvalue weighted by Gasteiger charge is -2.36. The Balaban J connectivity index is 2.13. The molecule has 1 aromatic carbocycles. The Morgan fingerprint density at radius 2 is 2.14 bits per heavy atom. The number of benzene rings is 1. The maximum Gasteiger partial charge on any atom is 0.326 e. The highest BCUT2D eigenvalue weighted by Crippen LogP contribution is 2.24. The topological polar surface area (TPSA) is 69.6 Å². The SMILES string of the molecule is Cc1cc(F)ccc1NC(=O)N1CCC(C)CC1C(=O)O. The van der Waals surface area contributed by atoms with Crippen molar-refractivity contribution < 1.29 is 19.1 Å². The molecular formula is C15H19FN2O3. The number of amides is 2. The molecule has 2 rings (SSSR count). The molecule has 2 amide bonds. The van der Waals surface area contributed by atoms with Crippen LogP contribution in [0.5, 0.6) is 0 Å². The molecule has 0 spiro atoms. The number of hydrogen-bond donors (Lipinski definition) is 2. The van der Waals surface area contributed by atoms with Crippen LogP contribution in [0.4, 0.5) is 14.9 Å². The number of halogens is 1. The first-order valence-corrected chi connectivity index (χ1v) is 6.95. The molecule has 114 valence electrons. The first-order chi connectivity index (χ1) is 9.88. The minimum atomic E-state index is -0.993. The molecule has 21 heavy (non-hydrogen) atoms. The van der Waals surface area contributed by atoms with Crippen LogP contribution in [0.15, 0.2) is 18.2 Å². The number of carbonyl (C=O) groups is 2. The van der Waals surface area contributed by atoms with Gasteiger partial charge in [0.2, 0.25) is 0 Å². The highest BCUT2D eigenvalue weighted by Gasteiger charge is 2.34. The minimum absolute atomic E-state index is 0.280. The predicted octanol–water partition coefficient (Wildman–Crippen LogP) is 2.85. The van der Waals surface area contributed by atoms with Crippen molar-refractivity contribution in [3.8, 4) is 0 Å². The fraction of sp³-hybridized carbons (Fsp3) is 0.467. The van der Waals surface area contributed by atoms with Crippen LogP contribution in [0.2, 0.25) is 0 Å². The number of nitrogens with one attached hydrogen (secondary N) is 1. The monoisotopic (exact) mass is 294 g/mol. The lowest BCUT2D eigenvalue weighted by molar-refractivity contribution is -0.143. The summed E-state index contributed by atoms with van der Waals surface area (Å²) in [5.74, 6) is -1.09. The van der Waals surface area contributed by atoms with Crippen molar-refractivity contribution in [2.24, 2.45) is 5.92 Å². The Bertz CT molecular complexity index is 562. The van der Waals surface area contributed by atoms with Crippen LogP contribution in [0.3, 0.4) is 0 Å². The summed E-state index contributed by atoms with van der Waals surface area (Å²) >= 11 is 0. The van der Waals surface area contributed by atoms with Gasteiger partial charge in [-0.2, -0.15) is 0 Å². The molecule has 1 fully saturated rings. The quantitative estimate of drug-likeness (QED) is 0.881. The van der Waals surface area contributed by atoms with Gasteiger partial charge in [-0.15, -0.1) is 0 Å². The number of hydrogen-bond acceptors (Lipinski definition) is 2. The third-order valence-electron chi connectivity index (χ3n) is 3.84. The van der Waals surface area contributed by atoms with E-state index in [4.69, 9.17) is 0 Å². The summed E-state index contributed by atoms with van der Waals surface area (Å²) in [6.07, 6.45) is 1.23. The molecule has 6 heteroatoms. The Labute approximate surface area is 122 Å². The summed E-state index contributed by atoms with van der Waals surface area (Å²) in [7, 11) is 0. The smallest absolute Gasteiger partial charge is 0.326 e. The summed E-state index contributed by atoms with van der Waals surface area (Å²) in [5.41, 5.74) is 1.09. The van der Waals surface area contributed by atoms with Crippen molar-refractivity contribution in [1.29, 1.82) is 0 Å². The Morgan fingerprint density at radius 1 is 1.43 bits per heavy atom. The maximum absolute atomic E-state index is 13.0. The van der Waals surface area contributed by atoms with Gasteiger partial charge in [-0.25, -0.2) is 14.0 Å². The van der Waals surface area contributed by atoms with Gasteiger partial charge in [0.1, 0.15) is 11.9 Å². The maximum atomic E-state index is 13.0. The predicted molar refractivity (Wildman–Crippen MR) is 76.7 cm³/mol.